The quantitative estimate of drug-likeness (QED) is 0.791. The standard InChI is InChI=1S/C18H17NO7/c1-22-12-4-6-14(23-2)13(8-12)18(21)24-9-17(20)19-11-3-5-15-16(7-11)26-10-25-15/h3-8H,9-10H2,1-2H3,(H,19,20). The fourth-order valence-electron chi connectivity index (χ4n) is 2.35. The maximum absolute atomic E-state index is 12.2. The summed E-state index contributed by atoms with van der Waals surface area (Å²) in [6.07, 6.45) is 0. The Labute approximate surface area is 149 Å². The molecule has 1 aliphatic heterocycles. The van der Waals surface area contributed by atoms with Crippen LogP contribution in [0, 0.1) is 0 Å². The first-order valence-corrected chi connectivity index (χ1v) is 7.69. The van der Waals surface area contributed by atoms with Crippen molar-refractivity contribution in [2.24, 2.45) is 0 Å². The molecule has 0 saturated heterocycles. The van der Waals surface area contributed by atoms with Crippen molar-refractivity contribution in [3.05, 3.63) is 42.0 Å². The number of carbonyl (C=O) groups is 2. The number of methoxy groups -OCH3 is 2. The lowest BCUT2D eigenvalue weighted by molar-refractivity contribution is -0.119. The minimum absolute atomic E-state index is 0.146. The molecule has 8 heteroatoms. The number of hydrogen-bond acceptors (Lipinski definition) is 7. The molecule has 0 aromatic heterocycles. The molecule has 0 saturated carbocycles. The Morgan fingerprint density at radius 1 is 1.04 bits per heavy atom. The summed E-state index contributed by atoms with van der Waals surface area (Å²) in [4.78, 5) is 24.2. The molecule has 0 atom stereocenters. The maximum atomic E-state index is 12.2. The number of nitrogens with one attached hydrogen (secondary N) is 1. The zero-order valence-corrected chi connectivity index (χ0v) is 14.2. The van der Waals surface area contributed by atoms with Gasteiger partial charge in [-0.1, -0.05) is 0 Å². The highest BCUT2D eigenvalue weighted by Crippen LogP contribution is 2.34. The predicted octanol–water partition coefficient (Wildman–Crippen LogP) is 2.23. The number of anilines is 1. The Hall–Kier alpha value is -3.42. The van der Waals surface area contributed by atoms with Crippen molar-refractivity contribution >= 4 is 17.6 Å². The summed E-state index contributed by atoms with van der Waals surface area (Å²) in [7, 11) is 2.92. The van der Waals surface area contributed by atoms with Gasteiger partial charge >= 0.3 is 5.97 Å². The summed E-state index contributed by atoms with van der Waals surface area (Å²) in [5.41, 5.74) is 0.678. The highest BCUT2D eigenvalue weighted by Gasteiger charge is 2.18. The Morgan fingerprint density at radius 3 is 2.62 bits per heavy atom. The molecule has 3 rings (SSSR count). The minimum Gasteiger partial charge on any atom is -0.497 e. The molecule has 2 aromatic rings. The van der Waals surface area contributed by atoms with Gasteiger partial charge in [0.15, 0.2) is 18.1 Å². The van der Waals surface area contributed by atoms with Crippen LogP contribution in [-0.2, 0) is 9.53 Å². The van der Waals surface area contributed by atoms with Gasteiger partial charge < -0.3 is 29.0 Å². The number of hydrogen-bond donors (Lipinski definition) is 1. The number of rotatable bonds is 6. The summed E-state index contributed by atoms with van der Waals surface area (Å²) in [6.45, 7) is -0.305. The molecule has 0 fully saturated rings. The average molecular weight is 359 g/mol. The van der Waals surface area contributed by atoms with Crippen LogP contribution in [0.5, 0.6) is 23.0 Å². The van der Waals surface area contributed by atoms with Gasteiger partial charge in [0.25, 0.3) is 5.91 Å². The van der Waals surface area contributed by atoms with Crippen LogP contribution in [0.4, 0.5) is 5.69 Å². The lowest BCUT2D eigenvalue weighted by Crippen LogP contribution is -2.21. The molecule has 0 spiro atoms. The van der Waals surface area contributed by atoms with E-state index in [1.165, 1.54) is 20.3 Å². The summed E-state index contributed by atoms with van der Waals surface area (Å²) in [5.74, 6) is 0.774. The zero-order valence-electron chi connectivity index (χ0n) is 14.2. The fraction of sp³-hybridized carbons (Fsp3) is 0.222. The van der Waals surface area contributed by atoms with Crippen molar-refractivity contribution in [1.29, 1.82) is 0 Å². The SMILES string of the molecule is COc1ccc(OC)c(C(=O)OCC(=O)Nc2ccc3c(c2)OCO3)c1. The van der Waals surface area contributed by atoms with Gasteiger partial charge in [-0.2, -0.15) is 0 Å². The van der Waals surface area contributed by atoms with Gasteiger partial charge in [0.2, 0.25) is 6.79 Å². The van der Waals surface area contributed by atoms with Crippen LogP contribution in [0.25, 0.3) is 0 Å². The summed E-state index contributed by atoms with van der Waals surface area (Å²) >= 11 is 0. The molecule has 1 heterocycles. The molecule has 8 nitrogen and oxygen atoms in total. The lowest BCUT2D eigenvalue weighted by atomic mass is 10.2. The summed E-state index contributed by atoms with van der Waals surface area (Å²) in [6, 6.07) is 9.71. The van der Waals surface area contributed by atoms with Crippen molar-refractivity contribution in [3.63, 3.8) is 0 Å². The normalized spacial score (nSPS) is 11.6. The third-order valence-corrected chi connectivity index (χ3v) is 3.62. The van der Waals surface area contributed by atoms with Gasteiger partial charge in [0.05, 0.1) is 14.2 Å². The number of amides is 1. The van der Waals surface area contributed by atoms with Crippen LogP contribution in [0.1, 0.15) is 10.4 Å². The van der Waals surface area contributed by atoms with Crippen molar-refractivity contribution in [3.8, 4) is 23.0 Å². The number of fused-ring (bicyclic) bond motifs is 1. The molecule has 1 amide bonds. The lowest BCUT2D eigenvalue weighted by Gasteiger charge is -2.10. The second kappa shape index (κ2) is 7.64. The molecular weight excluding hydrogens is 342 g/mol. The van der Waals surface area contributed by atoms with E-state index in [1.54, 1.807) is 30.3 Å². The molecule has 26 heavy (non-hydrogen) atoms. The van der Waals surface area contributed by atoms with Crippen molar-refractivity contribution in [2.75, 3.05) is 32.9 Å². The van der Waals surface area contributed by atoms with Gasteiger partial charge in [-0.15, -0.1) is 0 Å². The van der Waals surface area contributed by atoms with Crippen LogP contribution in [0.3, 0.4) is 0 Å². The molecule has 136 valence electrons. The van der Waals surface area contributed by atoms with Gasteiger partial charge in [0, 0.05) is 11.8 Å². The molecule has 0 radical (unpaired) electrons. The van der Waals surface area contributed by atoms with E-state index >= 15 is 0 Å². The van der Waals surface area contributed by atoms with E-state index in [-0.39, 0.29) is 12.4 Å². The zero-order chi connectivity index (χ0) is 18.5. The van der Waals surface area contributed by atoms with Crippen LogP contribution in [0.2, 0.25) is 0 Å². The first-order valence-electron chi connectivity index (χ1n) is 7.69. The van der Waals surface area contributed by atoms with Crippen molar-refractivity contribution in [1.82, 2.24) is 0 Å². The van der Waals surface area contributed by atoms with E-state index in [9.17, 15) is 9.59 Å². The Bertz CT molecular complexity index is 834. The van der Waals surface area contributed by atoms with Crippen LogP contribution < -0.4 is 24.3 Å². The number of esters is 1. The van der Waals surface area contributed by atoms with Gasteiger partial charge in [0.1, 0.15) is 17.1 Å². The smallest absolute Gasteiger partial charge is 0.342 e. The minimum atomic E-state index is -0.693. The number of carbonyl (C=O) groups excluding carboxylic acids is 2. The first kappa shape index (κ1) is 17.4. The van der Waals surface area contributed by atoms with E-state index in [4.69, 9.17) is 23.7 Å². The molecular formula is C18H17NO7. The Balaban J connectivity index is 1.60. The molecule has 2 aromatic carbocycles. The molecule has 0 unspecified atom stereocenters. The maximum Gasteiger partial charge on any atom is 0.342 e. The van der Waals surface area contributed by atoms with Crippen molar-refractivity contribution in [2.45, 2.75) is 0 Å². The predicted molar refractivity (Wildman–Crippen MR) is 91.0 cm³/mol. The summed E-state index contributed by atoms with van der Waals surface area (Å²) < 4.78 is 25.7. The third-order valence-electron chi connectivity index (χ3n) is 3.62. The number of benzene rings is 2. The van der Waals surface area contributed by atoms with E-state index in [1.807, 2.05) is 0 Å². The van der Waals surface area contributed by atoms with Gasteiger partial charge in [-0.3, -0.25) is 4.79 Å². The van der Waals surface area contributed by atoms with Gasteiger partial charge in [-0.05, 0) is 30.3 Å². The highest BCUT2D eigenvalue weighted by atomic mass is 16.7. The largest absolute Gasteiger partial charge is 0.497 e. The van der Waals surface area contributed by atoms with Crippen LogP contribution >= 0.6 is 0 Å². The molecule has 0 aliphatic carbocycles. The van der Waals surface area contributed by atoms with Crippen LogP contribution in [0.15, 0.2) is 36.4 Å². The van der Waals surface area contributed by atoms with Crippen molar-refractivity contribution < 1.29 is 33.3 Å². The van der Waals surface area contributed by atoms with E-state index in [0.717, 1.165) is 0 Å². The summed E-state index contributed by atoms with van der Waals surface area (Å²) in [5, 5.41) is 2.62. The van der Waals surface area contributed by atoms with E-state index < -0.39 is 18.5 Å². The van der Waals surface area contributed by atoms with Gasteiger partial charge in [-0.25, -0.2) is 4.79 Å². The Morgan fingerprint density at radius 2 is 1.85 bits per heavy atom. The fourth-order valence-corrected chi connectivity index (χ4v) is 2.35. The van der Waals surface area contributed by atoms with E-state index in [2.05, 4.69) is 5.32 Å². The monoisotopic (exact) mass is 359 g/mol. The molecule has 0 bridgehead atoms. The Kier molecular flexibility index (Phi) is 5.12. The first-order chi connectivity index (χ1) is 12.6. The molecule has 1 N–H and O–H groups in total. The highest BCUT2D eigenvalue weighted by molar-refractivity contribution is 5.97. The topological polar surface area (TPSA) is 92.3 Å². The number of ether oxygens (including phenoxy) is 5. The third kappa shape index (κ3) is 3.80. The molecule has 1 aliphatic rings. The second-order valence-corrected chi connectivity index (χ2v) is 5.26. The van der Waals surface area contributed by atoms with Crippen LogP contribution in [-0.4, -0.2) is 39.5 Å². The second-order valence-electron chi connectivity index (χ2n) is 5.26. The average Bonchev–Trinajstić information content (AvgIpc) is 3.13. The van der Waals surface area contributed by atoms with E-state index in [0.29, 0.717) is 28.7 Å².